The summed E-state index contributed by atoms with van der Waals surface area (Å²) in [4.78, 5) is 16.8. The van der Waals surface area contributed by atoms with Crippen LogP contribution >= 0.6 is 0 Å². The van der Waals surface area contributed by atoms with Crippen LogP contribution in [0.3, 0.4) is 0 Å². The highest BCUT2D eigenvalue weighted by Gasteiger charge is 2.19. The lowest BCUT2D eigenvalue weighted by molar-refractivity contribution is 0.489. The van der Waals surface area contributed by atoms with Gasteiger partial charge >= 0.3 is 0 Å². The van der Waals surface area contributed by atoms with Crippen LogP contribution in [0.4, 0.5) is 0 Å². The van der Waals surface area contributed by atoms with Crippen molar-refractivity contribution in [3.8, 4) is 28.3 Å². The Bertz CT molecular complexity index is 1460. The molecule has 2 aromatic carbocycles. The normalized spacial score (nSPS) is 11.2. The Morgan fingerprint density at radius 2 is 1.74 bits per heavy atom. The highest BCUT2D eigenvalue weighted by molar-refractivity contribution is 5.92. The SMILES string of the molecule is Cc1nc2c(Oc3ccccc3)c(-c3ccc(=O)n(C)c3)ccc2n1-c1cnn(C)c1. The van der Waals surface area contributed by atoms with Gasteiger partial charge in [0, 0.05) is 43.7 Å². The second-order valence-corrected chi connectivity index (χ2v) is 7.46. The van der Waals surface area contributed by atoms with E-state index in [1.165, 1.54) is 0 Å². The standard InChI is InChI=1S/C24H21N5O2/c1-16-26-23-21(29(16)18-13-25-28(3)15-18)11-10-20(17-9-12-22(30)27(2)14-17)24(23)31-19-7-5-4-6-8-19/h4-15H,1-3H3. The minimum absolute atomic E-state index is 0.0629. The molecule has 0 atom stereocenters. The van der Waals surface area contributed by atoms with E-state index < -0.39 is 0 Å². The fourth-order valence-corrected chi connectivity index (χ4v) is 3.78. The molecule has 0 unspecified atom stereocenters. The highest BCUT2D eigenvalue weighted by Crippen LogP contribution is 2.40. The number of benzene rings is 2. The maximum atomic E-state index is 11.9. The molecule has 154 valence electrons. The lowest BCUT2D eigenvalue weighted by Crippen LogP contribution is -2.14. The molecule has 3 heterocycles. The number of aryl methyl sites for hydroxylation is 3. The average molecular weight is 411 g/mol. The summed E-state index contributed by atoms with van der Waals surface area (Å²) in [6.45, 7) is 1.96. The number of nitrogens with zero attached hydrogens (tertiary/aromatic N) is 5. The van der Waals surface area contributed by atoms with Crippen molar-refractivity contribution in [3.63, 3.8) is 0 Å². The van der Waals surface area contributed by atoms with Gasteiger partial charge in [-0.25, -0.2) is 4.98 Å². The van der Waals surface area contributed by atoms with Crippen LogP contribution in [0.15, 0.2) is 78.0 Å². The van der Waals surface area contributed by atoms with Crippen molar-refractivity contribution in [2.45, 2.75) is 6.92 Å². The summed E-state index contributed by atoms with van der Waals surface area (Å²) in [7, 11) is 3.63. The lowest BCUT2D eigenvalue weighted by Gasteiger charge is -2.13. The Morgan fingerprint density at radius 1 is 0.935 bits per heavy atom. The van der Waals surface area contributed by atoms with E-state index in [4.69, 9.17) is 9.72 Å². The number of fused-ring (bicyclic) bond motifs is 1. The highest BCUT2D eigenvalue weighted by atomic mass is 16.5. The Labute approximate surface area is 178 Å². The van der Waals surface area contributed by atoms with Gasteiger partial charge in [0.15, 0.2) is 5.75 Å². The van der Waals surface area contributed by atoms with Crippen LogP contribution in [0, 0.1) is 6.92 Å². The molecule has 7 nitrogen and oxygen atoms in total. The third-order valence-electron chi connectivity index (χ3n) is 5.26. The number of imidazole rings is 1. The molecule has 0 aliphatic heterocycles. The van der Waals surface area contributed by atoms with Gasteiger partial charge in [0.25, 0.3) is 0 Å². The molecule has 7 heteroatoms. The number of aromatic nitrogens is 5. The summed E-state index contributed by atoms with van der Waals surface area (Å²) >= 11 is 0. The second-order valence-electron chi connectivity index (χ2n) is 7.46. The maximum Gasteiger partial charge on any atom is 0.250 e. The van der Waals surface area contributed by atoms with Gasteiger partial charge in [-0.05, 0) is 37.3 Å². The quantitative estimate of drug-likeness (QED) is 0.444. The topological polar surface area (TPSA) is 66.9 Å². The van der Waals surface area contributed by atoms with E-state index in [2.05, 4.69) is 9.67 Å². The molecule has 5 aromatic rings. The first kappa shape index (κ1) is 18.9. The van der Waals surface area contributed by atoms with Gasteiger partial charge in [0.05, 0.1) is 17.4 Å². The van der Waals surface area contributed by atoms with Gasteiger partial charge in [0.2, 0.25) is 5.56 Å². The van der Waals surface area contributed by atoms with Crippen molar-refractivity contribution in [1.82, 2.24) is 23.9 Å². The molecule has 0 spiro atoms. The zero-order valence-corrected chi connectivity index (χ0v) is 17.5. The molecule has 0 aliphatic rings. The molecular weight excluding hydrogens is 390 g/mol. The van der Waals surface area contributed by atoms with E-state index in [-0.39, 0.29) is 5.56 Å². The van der Waals surface area contributed by atoms with Gasteiger partial charge in [-0.15, -0.1) is 0 Å². The summed E-state index contributed by atoms with van der Waals surface area (Å²) in [6, 6.07) is 17.0. The molecule has 31 heavy (non-hydrogen) atoms. The van der Waals surface area contributed by atoms with E-state index in [9.17, 15) is 4.79 Å². The van der Waals surface area contributed by atoms with Crippen LogP contribution in [0.2, 0.25) is 0 Å². The molecule has 0 bridgehead atoms. The van der Waals surface area contributed by atoms with Crippen molar-refractivity contribution < 1.29 is 4.74 Å². The monoisotopic (exact) mass is 411 g/mol. The van der Waals surface area contributed by atoms with E-state index in [1.807, 2.05) is 81.1 Å². The Kier molecular flexibility index (Phi) is 4.43. The summed E-state index contributed by atoms with van der Waals surface area (Å²) in [5.41, 5.74) is 4.28. The minimum atomic E-state index is -0.0629. The van der Waals surface area contributed by atoms with Crippen molar-refractivity contribution in [2.24, 2.45) is 14.1 Å². The van der Waals surface area contributed by atoms with Crippen molar-refractivity contribution in [1.29, 1.82) is 0 Å². The van der Waals surface area contributed by atoms with Crippen molar-refractivity contribution >= 4 is 11.0 Å². The number of hydrogen-bond acceptors (Lipinski definition) is 4. The lowest BCUT2D eigenvalue weighted by atomic mass is 10.1. The average Bonchev–Trinajstić information content (AvgIpc) is 3.33. The van der Waals surface area contributed by atoms with Gasteiger partial charge in [-0.1, -0.05) is 18.2 Å². The molecular formula is C24H21N5O2. The molecule has 0 aliphatic carbocycles. The van der Waals surface area contributed by atoms with E-state index in [0.717, 1.165) is 39.4 Å². The number of pyridine rings is 1. The third-order valence-corrected chi connectivity index (χ3v) is 5.26. The minimum Gasteiger partial charge on any atom is -0.454 e. The van der Waals surface area contributed by atoms with E-state index in [0.29, 0.717) is 5.75 Å². The molecule has 0 fully saturated rings. The van der Waals surface area contributed by atoms with Crippen LogP contribution < -0.4 is 10.3 Å². The van der Waals surface area contributed by atoms with Crippen molar-refractivity contribution in [3.05, 3.63) is 89.4 Å². The first-order valence-electron chi connectivity index (χ1n) is 9.92. The molecule has 0 saturated heterocycles. The van der Waals surface area contributed by atoms with Crippen LogP contribution in [-0.2, 0) is 14.1 Å². The molecule has 5 rings (SSSR count). The summed E-state index contributed by atoms with van der Waals surface area (Å²) in [5.74, 6) is 2.20. The number of rotatable bonds is 4. The number of hydrogen-bond donors (Lipinski definition) is 0. The van der Waals surface area contributed by atoms with Crippen LogP contribution in [0.1, 0.15) is 5.82 Å². The third kappa shape index (κ3) is 3.30. The smallest absolute Gasteiger partial charge is 0.250 e. The zero-order valence-electron chi connectivity index (χ0n) is 17.5. The fraction of sp³-hybridized carbons (Fsp3) is 0.125. The number of para-hydroxylation sites is 1. The molecule has 0 saturated carbocycles. The Balaban J connectivity index is 1.78. The predicted molar refractivity (Wildman–Crippen MR) is 120 cm³/mol. The van der Waals surface area contributed by atoms with Gasteiger partial charge in [-0.3, -0.25) is 14.0 Å². The number of ether oxygens (including phenoxy) is 1. The Morgan fingerprint density at radius 3 is 2.45 bits per heavy atom. The largest absolute Gasteiger partial charge is 0.454 e. The second kappa shape index (κ2) is 7.28. The summed E-state index contributed by atoms with van der Waals surface area (Å²) < 4.78 is 11.8. The molecule has 0 N–H and O–H groups in total. The van der Waals surface area contributed by atoms with Gasteiger partial charge in [0.1, 0.15) is 17.1 Å². The van der Waals surface area contributed by atoms with E-state index in [1.54, 1.807) is 22.4 Å². The van der Waals surface area contributed by atoms with Gasteiger partial charge in [-0.2, -0.15) is 5.10 Å². The molecule has 0 amide bonds. The Hall–Kier alpha value is -4.13. The fourth-order valence-electron chi connectivity index (χ4n) is 3.78. The zero-order chi connectivity index (χ0) is 21.5. The van der Waals surface area contributed by atoms with E-state index >= 15 is 0 Å². The van der Waals surface area contributed by atoms with Gasteiger partial charge < -0.3 is 9.30 Å². The summed E-state index contributed by atoms with van der Waals surface area (Å²) in [6.07, 6.45) is 5.58. The van der Waals surface area contributed by atoms with Crippen molar-refractivity contribution in [2.75, 3.05) is 0 Å². The van der Waals surface area contributed by atoms with Crippen LogP contribution in [-0.4, -0.2) is 23.9 Å². The first-order chi connectivity index (χ1) is 15.0. The predicted octanol–water partition coefficient (Wildman–Crippen LogP) is 4.23. The first-order valence-corrected chi connectivity index (χ1v) is 9.92. The van der Waals surface area contributed by atoms with Crippen LogP contribution in [0.5, 0.6) is 11.5 Å². The molecule has 3 aromatic heterocycles. The maximum absolute atomic E-state index is 11.9. The van der Waals surface area contributed by atoms with Crippen LogP contribution in [0.25, 0.3) is 27.8 Å². The summed E-state index contributed by atoms with van der Waals surface area (Å²) in [5, 5.41) is 4.30. The molecule has 0 radical (unpaired) electrons.